The zero-order chi connectivity index (χ0) is 14.2. The second-order valence-corrected chi connectivity index (χ2v) is 5.56. The summed E-state index contributed by atoms with van der Waals surface area (Å²) >= 11 is 0. The van der Waals surface area contributed by atoms with Crippen LogP contribution in [0.3, 0.4) is 0 Å². The van der Waals surface area contributed by atoms with E-state index in [4.69, 9.17) is 0 Å². The third kappa shape index (κ3) is 2.41. The van der Waals surface area contributed by atoms with Crippen LogP contribution in [0.25, 0.3) is 0 Å². The third-order valence-corrected chi connectivity index (χ3v) is 3.99. The number of carboxylic acid groups (broad SMARTS) is 1. The van der Waals surface area contributed by atoms with E-state index >= 15 is 0 Å². The van der Waals surface area contributed by atoms with Crippen molar-refractivity contribution in [3.63, 3.8) is 0 Å². The van der Waals surface area contributed by atoms with Gasteiger partial charge in [-0.3, -0.25) is 0 Å². The van der Waals surface area contributed by atoms with Crippen LogP contribution >= 0.6 is 0 Å². The number of carbonyl (C=O) groups is 1. The molecule has 1 fully saturated rings. The van der Waals surface area contributed by atoms with Crippen molar-refractivity contribution in [2.45, 2.75) is 46.6 Å². The Morgan fingerprint density at radius 2 is 2.05 bits per heavy atom. The first-order valence-corrected chi connectivity index (χ1v) is 6.77. The summed E-state index contributed by atoms with van der Waals surface area (Å²) in [5.74, 6) is 0.0965. The molecule has 1 N–H and O–H groups in total. The van der Waals surface area contributed by atoms with Gasteiger partial charge in [0.1, 0.15) is 5.56 Å². The molecule has 1 aliphatic rings. The number of carboxylic acids is 1. The first kappa shape index (κ1) is 13.8. The van der Waals surface area contributed by atoms with Crippen molar-refractivity contribution in [2.24, 2.45) is 5.92 Å². The highest BCUT2D eigenvalue weighted by Crippen LogP contribution is 2.31. The lowest BCUT2D eigenvalue weighted by atomic mass is 10.0. The van der Waals surface area contributed by atoms with E-state index in [1.165, 1.54) is 0 Å². The SMILES string of the molecule is Cc1nnc(N2CCCC2C(C)C)c(C(=O)O)c1C. The van der Waals surface area contributed by atoms with Gasteiger partial charge in [0.05, 0.1) is 5.69 Å². The molecule has 1 aromatic heterocycles. The lowest BCUT2D eigenvalue weighted by Crippen LogP contribution is -2.35. The summed E-state index contributed by atoms with van der Waals surface area (Å²) in [6.07, 6.45) is 2.17. The Balaban J connectivity index is 2.50. The smallest absolute Gasteiger partial charge is 0.339 e. The van der Waals surface area contributed by atoms with Gasteiger partial charge in [0.25, 0.3) is 0 Å². The topological polar surface area (TPSA) is 66.3 Å². The maximum Gasteiger partial charge on any atom is 0.339 e. The number of hydrogen-bond acceptors (Lipinski definition) is 4. The van der Waals surface area contributed by atoms with Crippen molar-refractivity contribution in [3.05, 3.63) is 16.8 Å². The minimum Gasteiger partial charge on any atom is -0.478 e. The summed E-state index contributed by atoms with van der Waals surface area (Å²) in [4.78, 5) is 13.7. The number of anilines is 1. The number of aromatic carboxylic acids is 1. The number of aromatic nitrogens is 2. The fourth-order valence-electron chi connectivity index (χ4n) is 2.80. The van der Waals surface area contributed by atoms with E-state index in [1.807, 2.05) is 0 Å². The van der Waals surface area contributed by atoms with Crippen molar-refractivity contribution in [1.82, 2.24) is 10.2 Å². The highest BCUT2D eigenvalue weighted by Gasteiger charge is 2.32. The van der Waals surface area contributed by atoms with Gasteiger partial charge in [-0.15, -0.1) is 5.10 Å². The first-order valence-electron chi connectivity index (χ1n) is 6.77. The highest BCUT2D eigenvalue weighted by molar-refractivity contribution is 5.95. The summed E-state index contributed by atoms with van der Waals surface area (Å²) in [6, 6.07) is 0.356. The van der Waals surface area contributed by atoms with Crippen molar-refractivity contribution in [2.75, 3.05) is 11.4 Å². The summed E-state index contributed by atoms with van der Waals surface area (Å²) in [6.45, 7) is 8.79. The largest absolute Gasteiger partial charge is 0.478 e. The number of rotatable bonds is 3. The van der Waals surface area contributed by atoms with Gasteiger partial charge in [-0.1, -0.05) is 13.8 Å². The molecule has 1 atom stereocenters. The highest BCUT2D eigenvalue weighted by atomic mass is 16.4. The van der Waals surface area contributed by atoms with Crippen LogP contribution in [0.1, 0.15) is 48.3 Å². The molecule has 0 bridgehead atoms. The lowest BCUT2D eigenvalue weighted by Gasteiger charge is -2.29. The van der Waals surface area contributed by atoms with E-state index in [-0.39, 0.29) is 0 Å². The average molecular weight is 263 g/mol. The zero-order valence-corrected chi connectivity index (χ0v) is 12.0. The molecule has 2 rings (SSSR count). The minimum atomic E-state index is -0.917. The standard InChI is InChI=1S/C14H21N3O2/c1-8(2)11-6-5-7-17(11)13-12(14(18)19)9(3)10(4)15-16-13/h8,11H,5-7H2,1-4H3,(H,18,19). The van der Waals surface area contributed by atoms with E-state index in [2.05, 4.69) is 28.9 Å². The van der Waals surface area contributed by atoms with Crippen molar-refractivity contribution < 1.29 is 9.90 Å². The van der Waals surface area contributed by atoms with Crippen LogP contribution in [0, 0.1) is 19.8 Å². The molecule has 1 saturated heterocycles. The van der Waals surface area contributed by atoms with Gasteiger partial charge in [-0.25, -0.2) is 4.79 Å². The zero-order valence-electron chi connectivity index (χ0n) is 12.0. The van der Waals surface area contributed by atoms with Gasteiger partial charge >= 0.3 is 5.97 Å². The minimum absolute atomic E-state index is 0.306. The van der Waals surface area contributed by atoms with E-state index < -0.39 is 5.97 Å². The molecule has 0 saturated carbocycles. The molecular formula is C14H21N3O2. The van der Waals surface area contributed by atoms with Crippen LogP contribution in [0.2, 0.25) is 0 Å². The first-order chi connectivity index (χ1) is 8.93. The maximum absolute atomic E-state index is 11.5. The van der Waals surface area contributed by atoms with Crippen LogP contribution in [-0.4, -0.2) is 33.9 Å². The molecule has 0 radical (unpaired) electrons. The number of hydrogen-bond donors (Lipinski definition) is 1. The van der Waals surface area contributed by atoms with Gasteiger partial charge in [0.2, 0.25) is 0 Å². The van der Waals surface area contributed by atoms with Crippen LogP contribution in [0.15, 0.2) is 0 Å². The molecule has 0 spiro atoms. The quantitative estimate of drug-likeness (QED) is 0.907. The van der Waals surface area contributed by atoms with Crippen LogP contribution in [0.5, 0.6) is 0 Å². The molecule has 5 nitrogen and oxygen atoms in total. The molecule has 1 aromatic rings. The molecule has 19 heavy (non-hydrogen) atoms. The predicted molar refractivity (Wildman–Crippen MR) is 73.7 cm³/mol. The van der Waals surface area contributed by atoms with Crippen molar-refractivity contribution in [1.29, 1.82) is 0 Å². The van der Waals surface area contributed by atoms with Crippen molar-refractivity contribution in [3.8, 4) is 0 Å². The third-order valence-electron chi connectivity index (χ3n) is 3.99. The predicted octanol–water partition coefficient (Wildman–Crippen LogP) is 2.42. The molecule has 5 heteroatoms. The second kappa shape index (κ2) is 5.15. The molecule has 0 aliphatic carbocycles. The van der Waals surface area contributed by atoms with Gasteiger partial charge in [-0.05, 0) is 38.2 Å². The van der Waals surface area contributed by atoms with Crippen LogP contribution in [0.4, 0.5) is 5.82 Å². The van der Waals surface area contributed by atoms with Crippen molar-refractivity contribution >= 4 is 11.8 Å². The van der Waals surface area contributed by atoms with E-state index in [9.17, 15) is 9.90 Å². The monoisotopic (exact) mass is 263 g/mol. The van der Waals surface area contributed by atoms with Gasteiger partial charge in [-0.2, -0.15) is 5.10 Å². The summed E-state index contributed by atoms with van der Waals surface area (Å²) < 4.78 is 0. The summed E-state index contributed by atoms with van der Waals surface area (Å²) in [7, 11) is 0. The Bertz CT molecular complexity index is 500. The second-order valence-electron chi connectivity index (χ2n) is 5.56. The number of aryl methyl sites for hydroxylation is 1. The van der Waals surface area contributed by atoms with E-state index in [0.717, 1.165) is 19.4 Å². The van der Waals surface area contributed by atoms with Gasteiger partial charge < -0.3 is 10.0 Å². The summed E-state index contributed by atoms with van der Waals surface area (Å²) in [5.41, 5.74) is 1.70. The number of nitrogens with zero attached hydrogens (tertiary/aromatic N) is 3. The van der Waals surface area contributed by atoms with Gasteiger partial charge in [0.15, 0.2) is 5.82 Å². The molecule has 0 amide bonds. The summed E-state index contributed by atoms with van der Waals surface area (Å²) in [5, 5.41) is 17.7. The molecular weight excluding hydrogens is 242 g/mol. The van der Waals surface area contributed by atoms with Crippen LogP contribution < -0.4 is 4.90 Å². The average Bonchev–Trinajstić information content (AvgIpc) is 2.80. The fourth-order valence-corrected chi connectivity index (χ4v) is 2.80. The Labute approximate surface area is 113 Å². The molecule has 1 unspecified atom stereocenters. The molecule has 2 heterocycles. The van der Waals surface area contributed by atoms with E-state index in [0.29, 0.717) is 34.6 Å². The Morgan fingerprint density at radius 1 is 1.37 bits per heavy atom. The Morgan fingerprint density at radius 3 is 2.63 bits per heavy atom. The van der Waals surface area contributed by atoms with Gasteiger partial charge in [0, 0.05) is 12.6 Å². The normalized spacial score (nSPS) is 19.2. The van der Waals surface area contributed by atoms with Crippen LogP contribution in [-0.2, 0) is 0 Å². The van der Waals surface area contributed by atoms with E-state index in [1.54, 1.807) is 13.8 Å². The molecule has 0 aromatic carbocycles. The fraction of sp³-hybridized carbons (Fsp3) is 0.643. The molecule has 1 aliphatic heterocycles. The lowest BCUT2D eigenvalue weighted by molar-refractivity contribution is 0.0696. The molecule has 104 valence electrons. The maximum atomic E-state index is 11.5. The Hall–Kier alpha value is -1.65. The Kier molecular flexibility index (Phi) is 3.73.